The van der Waals surface area contributed by atoms with Gasteiger partial charge in [-0.25, -0.2) is 0 Å². The minimum Gasteiger partial charge on any atom is -0.303 e. The van der Waals surface area contributed by atoms with E-state index in [1.165, 1.54) is 110 Å². The van der Waals surface area contributed by atoms with E-state index in [9.17, 15) is 0 Å². The number of likely N-dealkylation sites (tertiary alicyclic amines) is 1. The predicted octanol–water partition coefficient (Wildman–Crippen LogP) is 6.42. The number of unbranched alkanes of at least 4 members (excludes halogenated alkanes) is 9. The van der Waals surface area contributed by atoms with Crippen molar-refractivity contribution < 1.29 is 0 Å². The van der Waals surface area contributed by atoms with E-state index in [0.717, 1.165) is 5.92 Å². The topological polar surface area (TPSA) is 3.24 Å². The molecule has 0 spiro atoms. The second-order valence-corrected chi connectivity index (χ2v) is 7.28. The Balaban J connectivity index is 1.90. The molecule has 0 aliphatic carbocycles. The van der Waals surface area contributed by atoms with Crippen molar-refractivity contribution in [1.82, 2.24) is 4.90 Å². The maximum Gasteiger partial charge on any atom is 0.000966 e. The summed E-state index contributed by atoms with van der Waals surface area (Å²) in [5.74, 6) is 1.01. The van der Waals surface area contributed by atoms with Crippen molar-refractivity contribution in [3.8, 4) is 0 Å². The van der Waals surface area contributed by atoms with Crippen molar-refractivity contribution in [3.05, 3.63) is 0 Å². The molecular formula is C20H41N. The van der Waals surface area contributed by atoms with Crippen LogP contribution in [-0.2, 0) is 0 Å². The van der Waals surface area contributed by atoms with Gasteiger partial charge >= 0.3 is 0 Å². The maximum absolute atomic E-state index is 2.76. The first kappa shape index (κ1) is 19.0. The normalized spacial score (nSPS) is 20.0. The molecule has 1 rings (SSSR count). The van der Waals surface area contributed by atoms with Gasteiger partial charge < -0.3 is 4.90 Å². The predicted molar refractivity (Wildman–Crippen MR) is 95.9 cm³/mol. The Labute approximate surface area is 134 Å². The van der Waals surface area contributed by atoms with Crippen molar-refractivity contribution in [2.24, 2.45) is 5.92 Å². The first-order chi connectivity index (χ1) is 10.4. The van der Waals surface area contributed by atoms with E-state index in [-0.39, 0.29) is 0 Å². The summed E-state index contributed by atoms with van der Waals surface area (Å²) in [6.45, 7) is 8.77. The molecule has 1 nitrogen and oxygen atoms in total. The quantitative estimate of drug-likeness (QED) is 0.354. The van der Waals surface area contributed by atoms with Gasteiger partial charge in [0.05, 0.1) is 0 Å². The van der Waals surface area contributed by atoms with Gasteiger partial charge in [0.25, 0.3) is 0 Å². The van der Waals surface area contributed by atoms with Crippen LogP contribution < -0.4 is 0 Å². The molecular weight excluding hydrogens is 254 g/mol. The molecule has 1 atom stereocenters. The van der Waals surface area contributed by atoms with Crippen LogP contribution in [0.5, 0.6) is 0 Å². The summed E-state index contributed by atoms with van der Waals surface area (Å²) >= 11 is 0. The molecule has 1 heteroatoms. The van der Waals surface area contributed by atoms with Crippen LogP contribution in [0.3, 0.4) is 0 Å². The lowest BCUT2D eigenvalue weighted by atomic mass is 9.92. The third-order valence-corrected chi connectivity index (χ3v) is 5.15. The average Bonchev–Trinajstić information content (AvgIpc) is 2.52. The van der Waals surface area contributed by atoms with Crippen molar-refractivity contribution in [2.45, 2.75) is 104 Å². The third kappa shape index (κ3) is 10.3. The lowest BCUT2D eigenvalue weighted by molar-refractivity contribution is 0.164. The van der Waals surface area contributed by atoms with E-state index in [4.69, 9.17) is 0 Å². The van der Waals surface area contributed by atoms with Gasteiger partial charge in [-0.2, -0.15) is 0 Å². The summed E-state index contributed by atoms with van der Waals surface area (Å²) in [4.78, 5) is 2.76. The molecule has 126 valence electrons. The fourth-order valence-electron chi connectivity index (χ4n) is 3.73. The SMILES string of the molecule is CCCCCCCCCCCN1CCCC(CCCC)C1. The van der Waals surface area contributed by atoms with Crippen molar-refractivity contribution in [2.75, 3.05) is 19.6 Å². The zero-order valence-corrected chi connectivity index (χ0v) is 15.0. The molecule has 1 aliphatic heterocycles. The van der Waals surface area contributed by atoms with Gasteiger partial charge in [0, 0.05) is 6.54 Å². The Hall–Kier alpha value is -0.0400. The highest BCUT2D eigenvalue weighted by atomic mass is 15.1. The molecule has 1 heterocycles. The van der Waals surface area contributed by atoms with E-state index >= 15 is 0 Å². The number of hydrogen-bond donors (Lipinski definition) is 0. The highest BCUT2D eigenvalue weighted by Gasteiger charge is 2.18. The monoisotopic (exact) mass is 295 g/mol. The zero-order chi connectivity index (χ0) is 15.2. The molecule has 0 N–H and O–H groups in total. The molecule has 1 saturated heterocycles. The highest BCUT2D eigenvalue weighted by molar-refractivity contribution is 4.72. The van der Waals surface area contributed by atoms with E-state index < -0.39 is 0 Å². The van der Waals surface area contributed by atoms with Gasteiger partial charge in [0.15, 0.2) is 0 Å². The van der Waals surface area contributed by atoms with Crippen LogP contribution in [0.4, 0.5) is 0 Å². The van der Waals surface area contributed by atoms with Crippen LogP contribution in [0.25, 0.3) is 0 Å². The Morgan fingerprint density at radius 3 is 2.05 bits per heavy atom. The largest absolute Gasteiger partial charge is 0.303 e. The maximum atomic E-state index is 2.76. The second kappa shape index (κ2) is 13.6. The van der Waals surface area contributed by atoms with Gasteiger partial charge in [-0.05, 0) is 44.7 Å². The molecule has 1 unspecified atom stereocenters. The molecule has 0 aromatic heterocycles. The van der Waals surface area contributed by atoms with Crippen LogP contribution in [-0.4, -0.2) is 24.5 Å². The van der Waals surface area contributed by atoms with Crippen LogP contribution in [0, 0.1) is 5.92 Å². The summed E-state index contributed by atoms with van der Waals surface area (Å²) < 4.78 is 0. The minimum absolute atomic E-state index is 1.01. The summed E-state index contributed by atoms with van der Waals surface area (Å²) in [5.41, 5.74) is 0. The van der Waals surface area contributed by atoms with Crippen molar-refractivity contribution in [1.29, 1.82) is 0 Å². The Bertz CT molecular complexity index is 214. The number of piperidine rings is 1. The van der Waals surface area contributed by atoms with E-state index in [2.05, 4.69) is 18.7 Å². The molecule has 21 heavy (non-hydrogen) atoms. The highest BCUT2D eigenvalue weighted by Crippen LogP contribution is 2.22. The zero-order valence-electron chi connectivity index (χ0n) is 15.0. The van der Waals surface area contributed by atoms with Gasteiger partial charge in [0.2, 0.25) is 0 Å². The van der Waals surface area contributed by atoms with Crippen LogP contribution in [0.15, 0.2) is 0 Å². The van der Waals surface area contributed by atoms with E-state index in [1.807, 2.05) is 0 Å². The summed E-state index contributed by atoms with van der Waals surface area (Å²) in [6.07, 6.45) is 20.3. The Morgan fingerprint density at radius 1 is 0.762 bits per heavy atom. The summed E-state index contributed by atoms with van der Waals surface area (Å²) in [7, 11) is 0. The van der Waals surface area contributed by atoms with Crippen molar-refractivity contribution in [3.63, 3.8) is 0 Å². The lowest BCUT2D eigenvalue weighted by Gasteiger charge is -2.32. The van der Waals surface area contributed by atoms with Gasteiger partial charge in [-0.1, -0.05) is 78.1 Å². The van der Waals surface area contributed by atoms with Crippen LogP contribution in [0.1, 0.15) is 104 Å². The van der Waals surface area contributed by atoms with Crippen molar-refractivity contribution >= 4 is 0 Å². The first-order valence-corrected chi connectivity index (χ1v) is 10.1. The fourth-order valence-corrected chi connectivity index (χ4v) is 3.73. The molecule has 0 radical (unpaired) electrons. The fraction of sp³-hybridized carbons (Fsp3) is 1.00. The first-order valence-electron chi connectivity index (χ1n) is 10.1. The van der Waals surface area contributed by atoms with Crippen LogP contribution in [0.2, 0.25) is 0 Å². The minimum atomic E-state index is 1.01. The van der Waals surface area contributed by atoms with Crippen LogP contribution >= 0.6 is 0 Å². The Morgan fingerprint density at radius 2 is 1.38 bits per heavy atom. The van der Waals surface area contributed by atoms with Gasteiger partial charge in [0.1, 0.15) is 0 Å². The number of hydrogen-bond acceptors (Lipinski definition) is 1. The molecule has 1 fully saturated rings. The molecule has 1 aliphatic rings. The molecule has 0 saturated carbocycles. The number of rotatable bonds is 13. The third-order valence-electron chi connectivity index (χ3n) is 5.15. The molecule has 0 aromatic rings. The van der Waals surface area contributed by atoms with E-state index in [0.29, 0.717) is 0 Å². The molecule has 0 amide bonds. The average molecular weight is 296 g/mol. The molecule has 0 aromatic carbocycles. The summed E-state index contributed by atoms with van der Waals surface area (Å²) in [6, 6.07) is 0. The van der Waals surface area contributed by atoms with Gasteiger partial charge in [-0.3, -0.25) is 0 Å². The molecule has 0 bridgehead atoms. The Kier molecular flexibility index (Phi) is 12.3. The van der Waals surface area contributed by atoms with E-state index in [1.54, 1.807) is 0 Å². The smallest absolute Gasteiger partial charge is 0.000966 e. The number of nitrogens with zero attached hydrogens (tertiary/aromatic N) is 1. The second-order valence-electron chi connectivity index (χ2n) is 7.28. The standard InChI is InChI=1S/C20H41N/c1-3-5-7-8-9-10-11-12-13-17-21-18-14-16-20(19-21)15-6-4-2/h20H,3-19H2,1-2H3. The van der Waals surface area contributed by atoms with Gasteiger partial charge in [-0.15, -0.1) is 0 Å². The summed E-state index contributed by atoms with van der Waals surface area (Å²) in [5, 5.41) is 0. The lowest BCUT2D eigenvalue weighted by Crippen LogP contribution is -2.36.